The lowest BCUT2D eigenvalue weighted by Gasteiger charge is -2.33. The van der Waals surface area contributed by atoms with E-state index in [4.69, 9.17) is 4.74 Å². The first-order valence-electron chi connectivity index (χ1n) is 12.1. The number of nitrogens with zero attached hydrogens (tertiary/aromatic N) is 2. The van der Waals surface area contributed by atoms with Crippen LogP contribution >= 0.6 is 0 Å². The lowest BCUT2D eigenvalue weighted by Crippen LogP contribution is -2.51. The summed E-state index contributed by atoms with van der Waals surface area (Å²) in [6.45, 7) is 2.97. The van der Waals surface area contributed by atoms with E-state index in [0.717, 1.165) is 38.5 Å². The Morgan fingerprint density at radius 2 is 1.94 bits per heavy atom. The standard InChI is InChI=1S/C27H29N5O4/c1-16-11-17(12-20-15-28-31-24(16)20)13-23(26(34)36-2)30-27(35)32-9-7-18(8-10-32)21-14-19-5-3-4-6-22(19)29-25(21)33/h3-6,11-12,14-15,18,23H,7-10,13H2,1-2H3,(H,28,31)(H,29,33)(H,30,35)/t23-/m0/s1. The third kappa shape index (κ3) is 4.68. The van der Waals surface area contributed by atoms with E-state index in [9.17, 15) is 14.4 Å². The lowest BCUT2D eigenvalue weighted by molar-refractivity contribution is -0.142. The summed E-state index contributed by atoms with van der Waals surface area (Å²) in [5.41, 5.74) is 4.37. The highest BCUT2D eigenvalue weighted by Gasteiger charge is 2.29. The maximum atomic E-state index is 13.1. The van der Waals surface area contributed by atoms with Crippen LogP contribution in [0, 0.1) is 6.92 Å². The lowest BCUT2D eigenvalue weighted by atomic mass is 9.89. The minimum absolute atomic E-state index is 0.0727. The molecule has 36 heavy (non-hydrogen) atoms. The third-order valence-electron chi connectivity index (χ3n) is 7.03. The highest BCUT2D eigenvalue weighted by atomic mass is 16.5. The van der Waals surface area contributed by atoms with Crippen LogP contribution in [-0.2, 0) is 16.0 Å². The first kappa shape index (κ1) is 23.6. The van der Waals surface area contributed by atoms with Gasteiger partial charge in [-0.15, -0.1) is 0 Å². The van der Waals surface area contributed by atoms with E-state index in [1.54, 1.807) is 11.1 Å². The summed E-state index contributed by atoms with van der Waals surface area (Å²) in [6.07, 6.45) is 3.40. The van der Waals surface area contributed by atoms with Gasteiger partial charge in [0.15, 0.2) is 0 Å². The Labute approximate surface area is 207 Å². The SMILES string of the molecule is COC(=O)[C@H](Cc1cc(C)c2[nH]ncc2c1)NC(=O)N1CCC(c2cc3ccccc3[nH]c2=O)CC1. The van der Waals surface area contributed by atoms with Gasteiger partial charge in [0.05, 0.1) is 18.8 Å². The van der Waals surface area contributed by atoms with Crippen LogP contribution in [0.3, 0.4) is 0 Å². The van der Waals surface area contributed by atoms with Gasteiger partial charge in [-0.05, 0) is 60.4 Å². The Balaban J connectivity index is 1.25. The monoisotopic (exact) mass is 487 g/mol. The molecule has 0 aliphatic carbocycles. The number of aromatic nitrogens is 3. The Morgan fingerprint density at radius 1 is 1.17 bits per heavy atom. The minimum atomic E-state index is -0.813. The molecule has 9 nitrogen and oxygen atoms in total. The number of methoxy groups -OCH3 is 1. The fourth-order valence-corrected chi connectivity index (χ4v) is 5.10. The largest absolute Gasteiger partial charge is 0.467 e. The van der Waals surface area contributed by atoms with Gasteiger partial charge in [-0.3, -0.25) is 9.89 Å². The number of benzene rings is 2. The number of urea groups is 1. The van der Waals surface area contributed by atoms with Gasteiger partial charge in [-0.25, -0.2) is 9.59 Å². The van der Waals surface area contributed by atoms with Gasteiger partial charge < -0.3 is 19.9 Å². The number of rotatable bonds is 5. The Kier molecular flexibility index (Phi) is 6.45. The number of likely N-dealkylation sites (tertiary alicyclic amines) is 1. The summed E-state index contributed by atoms with van der Waals surface area (Å²) in [7, 11) is 1.32. The minimum Gasteiger partial charge on any atom is -0.467 e. The van der Waals surface area contributed by atoms with Crippen molar-refractivity contribution >= 4 is 33.8 Å². The van der Waals surface area contributed by atoms with Gasteiger partial charge in [0.1, 0.15) is 6.04 Å². The van der Waals surface area contributed by atoms with Gasteiger partial charge in [0.25, 0.3) is 5.56 Å². The van der Waals surface area contributed by atoms with Crippen molar-refractivity contribution < 1.29 is 14.3 Å². The molecule has 186 valence electrons. The number of pyridine rings is 1. The van der Waals surface area contributed by atoms with Crippen molar-refractivity contribution in [2.45, 2.75) is 38.1 Å². The van der Waals surface area contributed by atoms with Crippen LogP contribution in [0.2, 0.25) is 0 Å². The number of para-hydroxylation sites is 1. The van der Waals surface area contributed by atoms with Crippen molar-refractivity contribution in [2.75, 3.05) is 20.2 Å². The van der Waals surface area contributed by atoms with E-state index in [-0.39, 0.29) is 17.5 Å². The van der Waals surface area contributed by atoms with Crippen LogP contribution in [0.1, 0.15) is 35.4 Å². The molecule has 0 unspecified atom stereocenters. The topological polar surface area (TPSA) is 120 Å². The zero-order valence-corrected chi connectivity index (χ0v) is 20.3. The van der Waals surface area contributed by atoms with Gasteiger partial charge in [0, 0.05) is 36.0 Å². The molecule has 0 spiro atoms. The van der Waals surface area contributed by atoms with E-state index >= 15 is 0 Å². The highest BCUT2D eigenvalue weighted by molar-refractivity contribution is 5.85. The average molecular weight is 488 g/mol. The van der Waals surface area contributed by atoms with Crippen LogP contribution in [0.15, 0.2) is 53.5 Å². The summed E-state index contributed by atoms with van der Waals surface area (Å²) in [6, 6.07) is 12.5. The van der Waals surface area contributed by atoms with Crippen LogP contribution < -0.4 is 10.9 Å². The molecule has 0 saturated carbocycles. The summed E-state index contributed by atoms with van der Waals surface area (Å²) in [5, 5.41) is 11.8. The molecule has 2 aromatic carbocycles. The van der Waals surface area contributed by atoms with E-state index in [0.29, 0.717) is 32.4 Å². The number of hydrogen-bond acceptors (Lipinski definition) is 5. The average Bonchev–Trinajstić information content (AvgIpc) is 3.37. The Bertz CT molecular complexity index is 1480. The summed E-state index contributed by atoms with van der Waals surface area (Å²) in [5.74, 6) is -0.422. The third-order valence-corrected chi connectivity index (χ3v) is 7.03. The van der Waals surface area contributed by atoms with Crippen molar-refractivity contribution in [1.82, 2.24) is 25.4 Å². The number of carbonyl (C=O) groups excluding carboxylic acids is 2. The van der Waals surface area contributed by atoms with Gasteiger partial charge in [-0.2, -0.15) is 5.10 Å². The second-order valence-corrected chi connectivity index (χ2v) is 9.38. The van der Waals surface area contributed by atoms with Crippen LogP contribution in [0.5, 0.6) is 0 Å². The summed E-state index contributed by atoms with van der Waals surface area (Å²) >= 11 is 0. The molecule has 5 rings (SSSR count). The second-order valence-electron chi connectivity index (χ2n) is 9.38. The second kappa shape index (κ2) is 9.85. The van der Waals surface area contributed by atoms with Gasteiger partial charge in [0.2, 0.25) is 0 Å². The smallest absolute Gasteiger partial charge is 0.328 e. The zero-order chi connectivity index (χ0) is 25.2. The van der Waals surface area contributed by atoms with E-state index < -0.39 is 12.0 Å². The first-order chi connectivity index (χ1) is 17.4. The number of piperidine rings is 1. The van der Waals surface area contributed by atoms with E-state index in [1.807, 2.05) is 49.4 Å². The molecule has 1 aliphatic heterocycles. The number of aryl methyl sites for hydroxylation is 1. The molecule has 3 N–H and O–H groups in total. The molecule has 0 bridgehead atoms. The number of fused-ring (bicyclic) bond motifs is 2. The fraction of sp³-hybridized carbons (Fsp3) is 0.333. The zero-order valence-electron chi connectivity index (χ0n) is 20.3. The van der Waals surface area contributed by atoms with E-state index in [2.05, 4.69) is 20.5 Å². The normalized spacial score (nSPS) is 15.2. The number of ether oxygens (including phenoxy) is 1. The fourth-order valence-electron chi connectivity index (χ4n) is 5.10. The molecule has 1 atom stereocenters. The molecule has 9 heteroatoms. The van der Waals surface area contributed by atoms with E-state index in [1.165, 1.54) is 7.11 Å². The maximum absolute atomic E-state index is 13.1. The summed E-state index contributed by atoms with van der Waals surface area (Å²) < 4.78 is 4.97. The van der Waals surface area contributed by atoms with Crippen molar-refractivity contribution in [3.8, 4) is 0 Å². The van der Waals surface area contributed by atoms with Crippen LogP contribution in [-0.4, -0.2) is 58.3 Å². The molecule has 2 amide bonds. The Hall–Kier alpha value is -4.14. The van der Waals surface area contributed by atoms with Crippen molar-refractivity contribution in [2.24, 2.45) is 0 Å². The summed E-state index contributed by atoms with van der Waals surface area (Å²) in [4.78, 5) is 42.9. The molecule has 2 aromatic heterocycles. The van der Waals surface area contributed by atoms with Crippen molar-refractivity contribution in [3.63, 3.8) is 0 Å². The maximum Gasteiger partial charge on any atom is 0.328 e. The van der Waals surface area contributed by atoms with Crippen molar-refractivity contribution in [1.29, 1.82) is 0 Å². The first-order valence-corrected chi connectivity index (χ1v) is 12.1. The molecule has 0 radical (unpaired) electrons. The molecule has 4 aromatic rings. The molecule has 1 fully saturated rings. The van der Waals surface area contributed by atoms with Crippen LogP contribution in [0.4, 0.5) is 4.79 Å². The molecule has 1 aliphatic rings. The number of hydrogen-bond donors (Lipinski definition) is 3. The van der Waals surface area contributed by atoms with Crippen molar-refractivity contribution in [3.05, 3.63) is 75.7 Å². The number of nitrogens with one attached hydrogen (secondary N) is 3. The molecule has 3 heterocycles. The number of carbonyl (C=O) groups is 2. The van der Waals surface area contributed by atoms with Crippen LogP contribution in [0.25, 0.3) is 21.8 Å². The molecule has 1 saturated heterocycles. The molecular formula is C27H29N5O4. The number of aromatic amines is 2. The number of esters is 1. The van der Waals surface area contributed by atoms with Gasteiger partial charge in [-0.1, -0.05) is 24.3 Å². The molecular weight excluding hydrogens is 458 g/mol. The van der Waals surface area contributed by atoms with Gasteiger partial charge >= 0.3 is 12.0 Å². The quantitative estimate of drug-likeness (QED) is 0.373. The highest BCUT2D eigenvalue weighted by Crippen LogP contribution is 2.27. The predicted octanol–water partition coefficient (Wildman–Crippen LogP) is 3.39. The predicted molar refractivity (Wildman–Crippen MR) is 137 cm³/mol. The Morgan fingerprint density at radius 3 is 2.72 bits per heavy atom. The number of amides is 2. The number of H-pyrrole nitrogens is 2.